The molecule has 1 aliphatic rings. The lowest BCUT2D eigenvalue weighted by Gasteiger charge is -1.99. The van der Waals surface area contributed by atoms with Crippen molar-refractivity contribution >= 4 is 0 Å². The Morgan fingerprint density at radius 3 is 2.33 bits per heavy atom. The number of H-pyrrole nitrogens is 1. The molecule has 0 radical (unpaired) electrons. The molecule has 1 fully saturated rings. The molecule has 1 aliphatic carbocycles. The van der Waals surface area contributed by atoms with Crippen molar-refractivity contribution in [1.29, 1.82) is 0 Å². The highest BCUT2D eigenvalue weighted by Crippen LogP contribution is 2.42. The van der Waals surface area contributed by atoms with E-state index in [4.69, 9.17) is 0 Å². The first-order valence-corrected chi connectivity index (χ1v) is 6.56. The molecule has 18 heavy (non-hydrogen) atoms. The number of aromatic nitrogens is 2. The van der Waals surface area contributed by atoms with Gasteiger partial charge >= 0.3 is 0 Å². The summed E-state index contributed by atoms with van der Waals surface area (Å²) in [5, 5.41) is 7.43. The van der Waals surface area contributed by atoms with E-state index in [1.807, 2.05) is 13.8 Å². The molecule has 0 atom stereocenters. The van der Waals surface area contributed by atoms with Crippen LogP contribution in [0.4, 0.5) is 4.39 Å². The van der Waals surface area contributed by atoms with E-state index in [1.54, 1.807) is 12.1 Å². The molecule has 1 N–H and O–H groups in total. The van der Waals surface area contributed by atoms with Crippen molar-refractivity contribution in [3.05, 3.63) is 41.3 Å². The first-order valence-electron chi connectivity index (χ1n) is 6.56. The first kappa shape index (κ1) is 12.8. The fourth-order valence-corrected chi connectivity index (χ4v) is 2.07. The molecule has 1 saturated carbocycles. The summed E-state index contributed by atoms with van der Waals surface area (Å²) in [4.78, 5) is 0. The summed E-state index contributed by atoms with van der Waals surface area (Å²) in [6.07, 6.45) is 2.51. The van der Waals surface area contributed by atoms with Gasteiger partial charge in [-0.3, -0.25) is 5.10 Å². The van der Waals surface area contributed by atoms with Crippen molar-refractivity contribution in [3.8, 4) is 11.3 Å². The quantitative estimate of drug-likeness (QED) is 0.834. The fourth-order valence-electron chi connectivity index (χ4n) is 2.07. The highest BCUT2D eigenvalue weighted by molar-refractivity contribution is 5.64. The molecular formula is C15H19FN2. The highest BCUT2D eigenvalue weighted by Gasteiger charge is 2.28. The fraction of sp³-hybridized carbons (Fsp3) is 0.400. The van der Waals surface area contributed by atoms with E-state index in [2.05, 4.69) is 17.1 Å². The van der Waals surface area contributed by atoms with Crippen LogP contribution in [0.2, 0.25) is 0 Å². The molecule has 96 valence electrons. The summed E-state index contributed by atoms with van der Waals surface area (Å²) in [5.74, 6) is 0.459. The minimum Gasteiger partial charge on any atom is -0.281 e. The maximum atomic E-state index is 12.8. The molecule has 0 spiro atoms. The van der Waals surface area contributed by atoms with Crippen LogP contribution >= 0.6 is 0 Å². The third kappa shape index (κ3) is 2.45. The molecule has 1 aromatic heterocycles. The Kier molecular flexibility index (Phi) is 3.80. The minimum atomic E-state index is -0.209. The Balaban J connectivity index is 0.000000574. The van der Waals surface area contributed by atoms with Gasteiger partial charge in [0.2, 0.25) is 0 Å². The monoisotopic (exact) mass is 246 g/mol. The maximum Gasteiger partial charge on any atom is 0.123 e. The molecule has 0 aliphatic heterocycles. The Bertz CT molecular complexity index is 510. The highest BCUT2D eigenvalue weighted by atomic mass is 19.1. The molecule has 1 heterocycles. The van der Waals surface area contributed by atoms with E-state index < -0.39 is 0 Å². The van der Waals surface area contributed by atoms with E-state index in [9.17, 15) is 4.39 Å². The molecule has 0 bridgehead atoms. The molecule has 1 aromatic carbocycles. The standard InChI is InChI=1S/C13H13FN2.C2H6/c1-8-12(9-2-3-9)15-16-13(8)10-4-6-11(14)7-5-10;1-2/h4-7,9H,2-3H2,1H3,(H,15,16);1-2H3. The number of benzene rings is 1. The van der Waals surface area contributed by atoms with Crippen LogP contribution < -0.4 is 0 Å². The van der Waals surface area contributed by atoms with Gasteiger partial charge in [0.25, 0.3) is 0 Å². The van der Waals surface area contributed by atoms with E-state index in [0.717, 1.165) is 11.3 Å². The number of hydrogen-bond donors (Lipinski definition) is 1. The zero-order valence-electron chi connectivity index (χ0n) is 11.1. The Hall–Kier alpha value is -1.64. The van der Waals surface area contributed by atoms with Gasteiger partial charge in [-0.25, -0.2) is 4.39 Å². The maximum absolute atomic E-state index is 12.8. The molecule has 3 rings (SSSR count). The number of nitrogens with one attached hydrogen (secondary N) is 1. The van der Waals surface area contributed by atoms with Gasteiger partial charge in [-0.1, -0.05) is 13.8 Å². The number of halogens is 1. The van der Waals surface area contributed by atoms with Gasteiger partial charge in [0.05, 0.1) is 5.69 Å². The molecular weight excluding hydrogens is 227 g/mol. The summed E-state index contributed by atoms with van der Waals surface area (Å²) in [5.41, 5.74) is 4.37. The third-order valence-electron chi connectivity index (χ3n) is 3.15. The molecule has 0 amide bonds. The number of rotatable bonds is 2. The van der Waals surface area contributed by atoms with Crippen molar-refractivity contribution < 1.29 is 4.39 Å². The second kappa shape index (κ2) is 5.34. The largest absolute Gasteiger partial charge is 0.281 e. The van der Waals surface area contributed by atoms with Crippen LogP contribution in [0.1, 0.15) is 43.9 Å². The van der Waals surface area contributed by atoms with Gasteiger partial charge in [0.1, 0.15) is 5.82 Å². The third-order valence-corrected chi connectivity index (χ3v) is 3.15. The lowest BCUT2D eigenvalue weighted by atomic mass is 10.1. The first-order chi connectivity index (χ1) is 8.75. The molecule has 3 heteroatoms. The minimum absolute atomic E-state index is 0.209. The normalized spacial score (nSPS) is 14.0. The van der Waals surface area contributed by atoms with E-state index in [0.29, 0.717) is 5.92 Å². The summed E-state index contributed by atoms with van der Waals surface area (Å²) < 4.78 is 12.8. The average molecular weight is 246 g/mol. The van der Waals surface area contributed by atoms with Crippen LogP contribution in [-0.4, -0.2) is 10.2 Å². The topological polar surface area (TPSA) is 28.7 Å². The van der Waals surface area contributed by atoms with Crippen LogP contribution in [0.3, 0.4) is 0 Å². The summed E-state index contributed by atoms with van der Waals surface area (Å²) in [6.45, 7) is 6.08. The predicted molar refractivity (Wildman–Crippen MR) is 72.0 cm³/mol. The van der Waals surface area contributed by atoms with Crippen molar-refractivity contribution in [1.82, 2.24) is 10.2 Å². The second-order valence-corrected chi connectivity index (χ2v) is 4.39. The Labute approximate surface area is 107 Å². The van der Waals surface area contributed by atoms with Crippen molar-refractivity contribution in [2.75, 3.05) is 0 Å². The number of hydrogen-bond acceptors (Lipinski definition) is 1. The van der Waals surface area contributed by atoms with E-state index in [1.165, 1.54) is 36.2 Å². The van der Waals surface area contributed by atoms with Crippen LogP contribution in [-0.2, 0) is 0 Å². The number of nitrogens with zero attached hydrogens (tertiary/aromatic N) is 1. The van der Waals surface area contributed by atoms with Gasteiger partial charge in [0, 0.05) is 17.2 Å². The van der Waals surface area contributed by atoms with Crippen LogP contribution in [0, 0.1) is 12.7 Å². The van der Waals surface area contributed by atoms with Crippen LogP contribution in [0.5, 0.6) is 0 Å². The lowest BCUT2D eigenvalue weighted by Crippen LogP contribution is -1.84. The van der Waals surface area contributed by atoms with Crippen molar-refractivity contribution in [2.24, 2.45) is 0 Å². The molecule has 2 nitrogen and oxygen atoms in total. The molecule has 2 aromatic rings. The van der Waals surface area contributed by atoms with E-state index >= 15 is 0 Å². The van der Waals surface area contributed by atoms with Crippen molar-refractivity contribution in [2.45, 2.75) is 39.5 Å². The van der Waals surface area contributed by atoms with Gasteiger partial charge in [-0.2, -0.15) is 5.10 Å². The predicted octanol–water partition coefficient (Wildman–Crippen LogP) is 4.43. The molecule has 0 unspecified atom stereocenters. The summed E-state index contributed by atoms with van der Waals surface area (Å²) in [7, 11) is 0. The molecule has 0 saturated heterocycles. The van der Waals surface area contributed by atoms with Crippen LogP contribution in [0.25, 0.3) is 11.3 Å². The zero-order valence-corrected chi connectivity index (χ0v) is 11.1. The summed E-state index contributed by atoms with van der Waals surface area (Å²) >= 11 is 0. The Morgan fingerprint density at radius 1 is 1.17 bits per heavy atom. The van der Waals surface area contributed by atoms with Gasteiger partial charge in [-0.05, 0) is 49.6 Å². The average Bonchev–Trinajstić information content (AvgIpc) is 3.17. The lowest BCUT2D eigenvalue weighted by molar-refractivity contribution is 0.628. The zero-order chi connectivity index (χ0) is 13.1. The Morgan fingerprint density at radius 2 is 1.78 bits per heavy atom. The van der Waals surface area contributed by atoms with Gasteiger partial charge in [0.15, 0.2) is 0 Å². The smallest absolute Gasteiger partial charge is 0.123 e. The van der Waals surface area contributed by atoms with Crippen molar-refractivity contribution in [3.63, 3.8) is 0 Å². The van der Waals surface area contributed by atoms with Gasteiger partial charge in [-0.15, -0.1) is 0 Å². The summed E-state index contributed by atoms with van der Waals surface area (Å²) in [6, 6.07) is 6.49. The second-order valence-electron chi connectivity index (χ2n) is 4.39. The number of aromatic amines is 1. The SMILES string of the molecule is CC.Cc1c(-c2ccc(F)cc2)n[nH]c1C1CC1. The van der Waals surface area contributed by atoms with Gasteiger partial charge < -0.3 is 0 Å². The van der Waals surface area contributed by atoms with Crippen LogP contribution in [0.15, 0.2) is 24.3 Å². The van der Waals surface area contributed by atoms with E-state index in [-0.39, 0.29) is 5.82 Å².